The minimum absolute atomic E-state index is 0.173. The zero-order valence-electron chi connectivity index (χ0n) is 10.3. The molecule has 1 aromatic rings. The van der Waals surface area contributed by atoms with Crippen molar-refractivity contribution < 1.29 is 22.6 Å². The van der Waals surface area contributed by atoms with Gasteiger partial charge in [-0.05, 0) is 19.1 Å². The molecule has 1 aliphatic carbocycles. The molecule has 1 fully saturated rings. The first kappa shape index (κ1) is 14.5. The largest absolute Gasteiger partial charge is 0.487 e. The number of hydrogen-bond acceptors (Lipinski definition) is 2. The lowest BCUT2D eigenvalue weighted by atomic mass is 9.91. The smallest absolute Gasteiger partial charge is 0.419 e. The van der Waals surface area contributed by atoms with Gasteiger partial charge in [-0.25, -0.2) is 0 Å². The van der Waals surface area contributed by atoms with Crippen LogP contribution in [0.25, 0.3) is 0 Å². The SMILES string of the molecule is CCOC1C(Cl)CC1Oc1ccccc1C(F)(F)F. The van der Waals surface area contributed by atoms with Crippen molar-refractivity contribution in [2.75, 3.05) is 6.61 Å². The van der Waals surface area contributed by atoms with E-state index in [-0.39, 0.29) is 17.2 Å². The molecular formula is C13H14ClF3O2. The maximum atomic E-state index is 12.8. The van der Waals surface area contributed by atoms with Crippen LogP contribution in [0.5, 0.6) is 5.75 Å². The van der Waals surface area contributed by atoms with Crippen molar-refractivity contribution in [3.63, 3.8) is 0 Å². The molecule has 0 aliphatic heterocycles. The Morgan fingerprint density at radius 1 is 1.32 bits per heavy atom. The fraction of sp³-hybridized carbons (Fsp3) is 0.538. The van der Waals surface area contributed by atoms with Crippen molar-refractivity contribution in [1.82, 2.24) is 0 Å². The summed E-state index contributed by atoms with van der Waals surface area (Å²) >= 11 is 5.96. The van der Waals surface area contributed by atoms with Crippen LogP contribution in [0, 0.1) is 0 Å². The van der Waals surface area contributed by atoms with E-state index in [1.165, 1.54) is 18.2 Å². The molecule has 0 aromatic heterocycles. The molecule has 1 aliphatic rings. The third-order valence-electron chi connectivity index (χ3n) is 3.01. The normalized spacial score (nSPS) is 26.9. The molecule has 6 heteroatoms. The summed E-state index contributed by atoms with van der Waals surface area (Å²) in [4.78, 5) is 0. The number of benzene rings is 1. The predicted molar refractivity (Wildman–Crippen MR) is 65.5 cm³/mol. The number of para-hydroxylation sites is 1. The fourth-order valence-corrected chi connectivity index (χ4v) is 2.42. The van der Waals surface area contributed by atoms with E-state index in [0.717, 1.165) is 6.07 Å². The van der Waals surface area contributed by atoms with Crippen molar-refractivity contribution >= 4 is 11.6 Å². The molecule has 0 radical (unpaired) electrons. The monoisotopic (exact) mass is 294 g/mol. The Balaban J connectivity index is 2.12. The summed E-state index contributed by atoms with van der Waals surface area (Å²) in [6.07, 6.45) is -4.72. The van der Waals surface area contributed by atoms with Crippen LogP contribution in [-0.2, 0) is 10.9 Å². The molecule has 0 spiro atoms. The lowest BCUT2D eigenvalue weighted by Gasteiger charge is -2.40. The Morgan fingerprint density at radius 3 is 2.58 bits per heavy atom. The molecule has 2 rings (SSSR count). The van der Waals surface area contributed by atoms with Gasteiger partial charge >= 0.3 is 6.18 Å². The van der Waals surface area contributed by atoms with Gasteiger partial charge in [-0.1, -0.05) is 12.1 Å². The zero-order valence-corrected chi connectivity index (χ0v) is 11.0. The summed E-state index contributed by atoms with van der Waals surface area (Å²) in [5.41, 5.74) is -0.775. The van der Waals surface area contributed by atoms with Crippen LogP contribution in [0.2, 0.25) is 0 Å². The van der Waals surface area contributed by atoms with E-state index in [9.17, 15) is 13.2 Å². The van der Waals surface area contributed by atoms with Gasteiger partial charge in [0.1, 0.15) is 18.0 Å². The Labute approximate surface area is 114 Å². The molecule has 0 heterocycles. The van der Waals surface area contributed by atoms with Crippen molar-refractivity contribution in [1.29, 1.82) is 0 Å². The number of hydrogen-bond donors (Lipinski definition) is 0. The molecule has 0 saturated heterocycles. The molecular weight excluding hydrogens is 281 g/mol. The average Bonchev–Trinajstić information content (AvgIpc) is 2.35. The van der Waals surface area contributed by atoms with Gasteiger partial charge < -0.3 is 9.47 Å². The zero-order chi connectivity index (χ0) is 14.0. The minimum atomic E-state index is -4.43. The van der Waals surface area contributed by atoms with Crippen LogP contribution in [0.3, 0.4) is 0 Å². The van der Waals surface area contributed by atoms with Crippen LogP contribution >= 0.6 is 11.6 Å². The van der Waals surface area contributed by atoms with E-state index in [1.807, 2.05) is 6.92 Å². The lowest BCUT2D eigenvalue weighted by molar-refractivity contribution is -0.141. The second-order valence-electron chi connectivity index (χ2n) is 4.32. The number of alkyl halides is 4. The first-order valence-electron chi connectivity index (χ1n) is 6.02. The molecule has 106 valence electrons. The van der Waals surface area contributed by atoms with Crippen LogP contribution in [0.4, 0.5) is 13.2 Å². The molecule has 3 unspecified atom stereocenters. The summed E-state index contributed by atoms with van der Waals surface area (Å²) in [7, 11) is 0. The van der Waals surface area contributed by atoms with E-state index in [0.29, 0.717) is 13.0 Å². The molecule has 19 heavy (non-hydrogen) atoms. The first-order chi connectivity index (χ1) is 8.93. The van der Waals surface area contributed by atoms with Gasteiger partial charge in [0.05, 0.1) is 10.9 Å². The Morgan fingerprint density at radius 2 is 2.00 bits per heavy atom. The van der Waals surface area contributed by atoms with E-state index >= 15 is 0 Å². The molecule has 2 nitrogen and oxygen atoms in total. The Hall–Kier alpha value is -0.940. The quantitative estimate of drug-likeness (QED) is 0.785. The van der Waals surface area contributed by atoms with E-state index in [1.54, 1.807) is 0 Å². The summed E-state index contributed by atoms with van der Waals surface area (Å²) in [5.74, 6) is -0.173. The molecule has 1 aromatic carbocycles. The van der Waals surface area contributed by atoms with Gasteiger partial charge in [-0.15, -0.1) is 11.6 Å². The van der Waals surface area contributed by atoms with Crippen molar-refractivity contribution in [3.8, 4) is 5.75 Å². The maximum absolute atomic E-state index is 12.8. The van der Waals surface area contributed by atoms with Gasteiger partial charge in [0, 0.05) is 13.0 Å². The third kappa shape index (κ3) is 3.15. The highest BCUT2D eigenvalue weighted by atomic mass is 35.5. The van der Waals surface area contributed by atoms with Crippen LogP contribution in [-0.4, -0.2) is 24.2 Å². The summed E-state index contributed by atoms with van der Waals surface area (Å²) in [6, 6.07) is 5.16. The van der Waals surface area contributed by atoms with Gasteiger partial charge in [0.2, 0.25) is 0 Å². The molecule has 0 amide bonds. The van der Waals surface area contributed by atoms with Gasteiger partial charge in [-0.3, -0.25) is 0 Å². The van der Waals surface area contributed by atoms with Gasteiger partial charge in [0.15, 0.2) is 0 Å². The molecule has 0 N–H and O–H groups in total. The van der Waals surface area contributed by atoms with Crippen LogP contribution in [0.15, 0.2) is 24.3 Å². The lowest BCUT2D eigenvalue weighted by Crippen LogP contribution is -2.52. The highest BCUT2D eigenvalue weighted by molar-refractivity contribution is 6.21. The standard InChI is InChI=1S/C13H14ClF3O2/c1-2-18-12-9(14)7-11(12)19-10-6-4-3-5-8(10)13(15,16)17/h3-6,9,11-12H,2,7H2,1H3. The summed E-state index contributed by atoms with van der Waals surface area (Å²) in [6.45, 7) is 2.26. The van der Waals surface area contributed by atoms with E-state index in [4.69, 9.17) is 21.1 Å². The van der Waals surface area contributed by atoms with Crippen LogP contribution in [0.1, 0.15) is 18.9 Å². The van der Waals surface area contributed by atoms with Crippen molar-refractivity contribution in [3.05, 3.63) is 29.8 Å². The first-order valence-corrected chi connectivity index (χ1v) is 6.45. The topological polar surface area (TPSA) is 18.5 Å². The number of ether oxygens (including phenoxy) is 2. The van der Waals surface area contributed by atoms with E-state index < -0.39 is 17.8 Å². The highest BCUT2D eigenvalue weighted by Crippen LogP contribution is 2.39. The fourth-order valence-electron chi connectivity index (χ4n) is 2.01. The molecule has 3 atom stereocenters. The Bertz CT molecular complexity index is 436. The van der Waals surface area contributed by atoms with Crippen molar-refractivity contribution in [2.45, 2.75) is 37.1 Å². The maximum Gasteiger partial charge on any atom is 0.419 e. The second kappa shape index (κ2) is 5.59. The van der Waals surface area contributed by atoms with Crippen molar-refractivity contribution in [2.24, 2.45) is 0 Å². The third-order valence-corrected chi connectivity index (χ3v) is 3.44. The van der Waals surface area contributed by atoms with Gasteiger partial charge in [0.25, 0.3) is 0 Å². The summed E-state index contributed by atoms with van der Waals surface area (Å²) < 4.78 is 49.2. The highest BCUT2D eigenvalue weighted by Gasteiger charge is 2.44. The number of rotatable bonds is 4. The second-order valence-corrected chi connectivity index (χ2v) is 4.88. The van der Waals surface area contributed by atoms with Gasteiger partial charge in [-0.2, -0.15) is 13.2 Å². The number of halogens is 4. The van der Waals surface area contributed by atoms with Crippen LogP contribution < -0.4 is 4.74 Å². The molecule has 1 saturated carbocycles. The predicted octanol–water partition coefficient (Wildman–Crippen LogP) is 3.87. The van der Waals surface area contributed by atoms with E-state index in [2.05, 4.69) is 0 Å². The summed E-state index contributed by atoms with van der Waals surface area (Å²) in [5, 5.41) is -0.206. The molecule has 0 bridgehead atoms. The minimum Gasteiger partial charge on any atom is -0.487 e. The Kier molecular flexibility index (Phi) is 4.26. The average molecular weight is 295 g/mol.